The zero-order valence-corrected chi connectivity index (χ0v) is 20.3. The van der Waals surface area contributed by atoms with Crippen LogP contribution in [0.3, 0.4) is 0 Å². The van der Waals surface area contributed by atoms with Gasteiger partial charge in [0.05, 0.1) is 11.9 Å². The number of anilines is 2. The second-order valence-corrected chi connectivity index (χ2v) is 10.1. The van der Waals surface area contributed by atoms with Gasteiger partial charge in [-0.05, 0) is 65.6 Å². The van der Waals surface area contributed by atoms with Crippen molar-refractivity contribution in [1.29, 1.82) is 0 Å². The average Bonchev–Trinajstić information content (AvgIpc) is 3.08. The van der Waals surface area contributed by atoms with Gasteiger partial charge >= 0.3 is 0 Å². The summed E-state index contributed by atoms with van der Waals surface area (Å²) in [5.74, 6) is 0.878. The number of nitrogens with one attached hydrogen (secondary N) is 1. The molecule has 33 heavy (non-hydrogen) atoms. The van der Waals surface area contributed by atoms with Crippen molar-refractivity contribution >= 4 is 17.4 Å². The van der Waals surface area contributed by atoms with E-state index in [0.29, 0.717) is 11.3 Å². The summed E-state index contributed by atoms with van der Waals surface area (Å²) in [4.78, 5) is 20.2. The highest BCUT2D eigenvalue weighted by Gasteiger charge is 2.18. The molecule has 0 saturated carbocycles. The number of pyridine rings is 1. The van der Waals surface area contributed by atoms with Crippen LogP contribution in [0.15, 0.2) is 60.8 Å². The van der Waals surface area contributed by atoms with Crippen molar-refractivity contribution in [2.45, 2.75) is 58.8 Å². The maximum atomic E-state index is 13.3. The van der Waals surface area contributed by atoms with E-state index >= 15 is 0 Å². The van der Waals surface area contributed by atoms with E-state index < -0.39 is 0 Å². The monoisotopic (exact) mass is 441 g/mol. The Hall–Kier alpha value is -3.14. The number of hydrogen-bond acceptors (Lipinski definition) is 3. The van der Waals surface area contributed by atoms with Gasteiger partial charge in [-0.15, -0.1) is 0 Å². The Kier molecular flexibility index (Phi) is 6.83. The maximum absolute atomic E-state index is 13.3. The lowest BCUT2D eigenvalue weighted by atomic mass is 9.85. The minimum atomic E-state index is -0.113. The molecule has 4 rings (SSSR count). The van der Waals surface area contributed by atoms with Crippen LogP contribution >= 0.6 is 0 Å². The van der Waals surface area contributed by atoms with Gasteiger partial charge in [0, 0.05) is 18.7 Å². The normalized spacial score (nSPS) is 14.6. The molecule has 1 aliphatic heterocycles. The Morgan fingerprint density at radius 3 is 2.21 bits per heavy atom. The molecule has 1 aromatic heterocycles. The molecule has 1 amide bonds. The molecule has 1 aliphatic rings. The summed E-state index contributed by atoms with van der Waals surface area (Å²) in [6.07, 6.45) is 6.79. The molecule has 2 heterocycles. The van der Waals surface area contributed by atoms with E-state index in [0.717, 1.165) is 35.6 Å². The van der Waals surface area contributed by atoms with Crippen molar-refractivity contribution in [3.8, 4) is 11.1 Å². The number of aryl methyl sites for hydroxylation is 1. The third-order valence-electron chi connectivity index (χ3n) is 6.49. The van der Waals surface area contributed by atoms with Crippen molar-refractivity contribution in [1.82, 2.24) is 4.98 Å². The Morgan fingerprint density at radius 2 is 1.61 bits per heavy atom. The summed E-state index contributed by atoms with van der Waals surface area (Å²) >= 11 is 0. The highest BCUT2D eigenvalue weighted by Crippen LogP contribution is 2.31. The zero-order valence-electron chi connectivity index (χ0n) is 20.3. The summed E-state index contributed by atoms with van der Waals surface area (Å²) in [6, 6.07) is 18.4. The highest BCUT2D eigenvalue weighted by atomic mass is 16.1. The molecular weight excluding hydrogens is 406 g/mol. The molecule has 2 aromatic carbocycles. The van der Waals surface area contributed by atoms with Gasteiger partial charge in [-0.2, -0.15) is 0 Å². The largest absolute Gasteiger partial charge is 0.357 e. The smallest absolute Gasteiger partial charge is 0.256 e. The number of nitrogens with zero attached hydrogens (tertiary/aromatic N) is 2. The Bertz CT molecular complexity index is 1090. The maximum Gasteiger partial charge on any atom is 0.256 e. The minimum absolute atomic E-state index is 0.0942. The van der Waals surface area contributed by atoms with Crippen LogP contribution in [0.4, 0.5) is 11.5 Å². The summed E-state index contributed by atoms with van der Waals surface area (Å²) in [5, 5.41) is 3.05. The number of benzene rings is 2. The van der Waals surface area contributed by atoms with Crippen LogP contribution in [-0.2, 0) is 5.41 Å². The van der Waals surface area contributed by atoms with Crippen LogP contribution in [-0.4, -0.2) is 24.0 Å². The van der Waals surface area contributed by atoms with Crippen LogP contribution in [0.2, 0.25) is 0 Å². The average molecular weight is 442 g/mol. The van der Waals surface area contributed by atoms with E-state index in [9.17, 15) is 4.79 Å². The van der Waals surface area contributed by atoms with E-state index in [1.165, 1.54) is 31.2 Å². The third kappa shape index (κ3) is 5.44. The van der Waals surface area contributed by atoms with Crippen molar-refractivity contribution < 1.29 is 4.79 Å². The molecule has 0 atom stereocenters. The molecule has 0 aliphatic carbocycles. The Balaban J connectivity index is 1.55. The van der Waals surface area contributed by atoms with Crippen LogP contribution in [0.25, 0.3) is 11.1 Å². The summed E-state index contributed by atoms with van der Waals surface area (Å²) in [5.41, 5.74) is 5.88. The number of hydrogen-bond donors (Lipinski definition) is 1. The van der Waals surface area contributed by atoms with Crippen molar-refractivity contribution in [2.75, 3.05) is 23.3 Å². The summed E-state index contributed by atoms with van der Waals surface area (Å²) in [7, 11) is 0. The number of aromatic nitrogens is 1. The Labute approximate surface area is 198 Å². The first-order valence-corrected chi connectivity index (χ1v) is 12.1. The fourth-order valence-corrected chi connectivity index (χ4v) is 4.52. The molecule has 0 spiro atoms. The lowest BCUT2D eigenvalue weighted by Crippen LogP contribution is -2.24. The van der Waals surface area contributed by atoms with Crippen molar-refractivity contribution in [3.05, 3.63) is 77.5 Å². The van der Waals surface area contributed by atoms with Gasteiger partial charge in [0.1, 0.15) is 5.82 Å². The highest BCUT2D eigenvalue weighted by molar-refractivity contribution is 6.09. The molecule has 1 saturated heterocycles. The first-order valence-electron chi connectivity index (χ1n) is 12.1. The molecule has 4 heteroatoms. The molecule has 0 unspecified atom stereocenters. The quantitative estimate of drug-likeness (QED) is 0.475. The van der Waals surface area contributed by atoms with Gasteiger partial charge in [0.25, 0.3) is 5.91 Å². The lowest BCUT2D eigenvalue weighted by Gasteiger charge is -2.21. The van der Waals surface area contributed by atoms with E-state index in [4.69, 9.17) is 0 Å². The van der Waals surface area contributed by atoms with Gasteiger partial charge in [-0.3, -0.25) is 4.79 Å². The number of amides is 1. The van der Waals surface area contributed by atoms with Gasteiger partial charge < -0.3 is 10.2 Å². The summed E-state index contributed by atoms with van der Waals surface area (Å²) < 4.78 is 0. The molecule has 4 nitrogen and oxygen atoms in total. The van der Waals surface area contributed by atoms with Crippen LogP contribution < -0.4 is 10.2 Å². The minimum Gasteiger partial charge on any atom is -0.357 e. The fourth-order valence-electron chi connectivity index (χ4n) is 4.52. The van der Waals surface area contributed by atoms with Crippen LogP contribution in [0.5, 0.6) is 0 Å². The van der Waals surface area contributed by atoms with Gasteiger partial charge in [0.2, 0.25) is 0 Å². The van der Waals surface area contributed by atoms with E-state index in [2.05, 4.69) is 73.2 Å². The Morgan fingerprint density at radius 1 is 0.909 bits per heavy atom. The first-order chi connectivity index (χ1) is 15.8. The van der Waals surface area contributed by atoms with E-state index in [-0.39, 0.29) is 11.3 Å². The SMILES string of the molecule is Cc1cccc(C(=O)Nc2ccc(N3CCCCCC3)nc2)c1-c1ccc(C(C)(C)C)cc1. The van der Waals surface area contributed by atoms with Gasteiger partial charge in [-0.25, -0.2) is 4.98 Å². The van der Waals surface area contributed by atoms with E-state index in [1.807, 2.05) is 24.3 Å². The van der Waals surface area contributed by atoms with E-state index in [1.54, 1.807) is 6.20 Å². The summed E-state index contributed by atoms with van der Waals surface area (Å²) in [6.45, 7) is 10.8. The number of carbonyl (C=O) groups excluding carboxylic acids is 1. The molecule has 1 N–H and O–H groups in total. The van der Waals surface area contributed by atoms with Crippen molar-refractivity contribution in [3.63, 3.8) is 0 Å². The van der Waals surface area contributed by atoms with Gasteiger partial charge in [0.15, 0.2) is 0 Å². The third-order valence-corrected chi connectivity index (χ3v) is 6.49. The van der Waals surface area contributed by atoms with Crippen LogP contribution in [0, 0.1) is 6.92 Å². The number of rotatable bonds is 4. The lowest BCUT2D eigenvalue weighted by molar-refractivity contribution is 0.102. The molecule has 0 bridgehead atoms. The molecule has 3 aromatic rings. The predicted octanol–water partition coefficient (Wildman–Crippen LogP) is 6.99. The molecule has 172 valence electrons. The fraction of sp³-hybridized carbons (Fsp3) is 0.379. The number of carbonyl (C=O) groups is 1. The second-order valence-electron chi connectivity index (χ2n) is 10.1. The second kappa shape index (κ2) is 9.78. The van der Waals surface area contributed by atoms with Crippen LogP contribution in [0.1, 0.15) is 67.9 Å². The predicted molar refractivity (Wildman–Crippen MR) is 138 cm³/mol. The molecule has 0 radical (unpaired) electrons. The topological polar surface area (TPSA) is 45.2 Å². The van der Waals surface area contributed by atoms with Crippen molar-refractivity contribution in [2.24, 2.45) is 0 Å². The molecule has 1 fully saturated rings. The van der Waals surface area contributed by atoms with Gasteiger partial charge in [-0.1, -0.05) is 70.0 Å². The standard InChI is InChI=1S/C29H35N3O/c1-21-10-9-11-25(27(21)22-12-14-23(15-13-22)29(2,3)4)28(33)31-24-16-17-26(30-20-24)32-18-7-5-6-8-19-32/h9-17,20H,5-8,18-19H2,1-4H3,(H,31,33). The molecular formula is C29H35N3O. The zero-order chi connectivity index (χ0) is 23.4. The first kappa shape index (κ1) is 23.0.